The highest BCUT2D eigenvalue weighted by molar-refractivity contribution is 6.09. The second-order valence-corrected chi connectivity index (χ2v) is 19.2. The van der Waals surface area contributed by atoms with E-state index in [0.29, 0.717) is 0 Å². The van der Waals surface area contributed by atoms with Gasteiger partial charge < -0.3 is 9.47 Å². The van der Waals surface area contributed by atoms with Crippen molar-refractivity contribution >= 4 is 49.9 Å². The molecule has 0 atom stereocenters. The topological polar surface area (TPSA) is 34.0 Å². The Hall–Kier alpha value is -9.64. The molecule has 0 amide bonds. The Bertz CT molecular complexity index is 4190. The molecule has 0 saturated carbocycles. The van der Waals surface area contributed by atoms with Crippen molar-refractivity contribution in [1.82, 2.24) is 14.5 Å². The number of rotatable bonds is 7. The van der Waals surface area contributed by atoms with Crippen molar-refractivity contribution in [2.75, 3.05) is 4.90 Å². The number of anilines is 3. The van der Waals surface area contributed by atoms with E-state index in [-0.39, 0.29) is 0 Å². The third kappa shape index (κ3) is 6.14. The van der Waals surface area contributed by atoms with Gasteiger partial charge >= 0.3 is 0 Å². The molecule has 0 radical (unpaired) electrons. The highest BCUT2D eigenvalue weighted by Gasteiger charge is 2.51. The van der Waals surface area contributed by atoms with Gasteiger partial charge in [-0.05, 0) is 123 Å². The molecule has 2 heterocycles. The molecule has 2 aliphatic rings. The minimum Gasteiger partial charge on any atom is -0.311 e. The molecule has 4 heteroatoms. The van der Waals surface area contributed by atoms with Crippen LogP contribution in [-0.4, -0.2) is 14.5 Å². The van der Waals surface area contributed by atoms with Crippen LogP contribution in [0.15, 0.2) is 267 Å². The van der Waals surface area contributed by atoms with Gasteiger partial charge in [0, 0.05) is 50.2 Å². The summed E-state index contributed by atoms with van der Waals surface area (Å²) < 4.78 is 2.37. The van der Waals surface area contributed by atoms with Crippen molar-refractivity contribution in [1.29, 1.82) is 0 Å². The van der Waals surface area contributed by atoms with Gasteiger partial charge in [0.05, 0.1) is 38.9 Å². The maximum atomic E-state index is 5.68. The second-order valence-electron chi connectivity index (χ2n) is 19.2. The van der Waals surface area contributed by atoms with E-state index in [0.717, 1.165) is 67.4 Å². The van der Waals surface area contributed by atoms with Crippen molar-refractivity contribution in [2.24, 2.45) is 0 Å². The average Bonchev–Trinajstić information content (AvgIpc) is 4.07. The first kappa shape index (κ1) is 41.2. The van der Waals surface area contributed by atoms with E-state index in [9.17, 15) is 0 Å². The van der Waals surface area contributed by atoms with Crippen molar-refractivity contribution in [3.8, 4) is 61.6 Å². The van der Waals surface area contributed by atoms with Gasteiger partial charge in [0.15, 0.2) is 0 Å². The molecule has 2 aromatic heterocycles. The lowest BCUT2D eigenvalue weighted by Crippen LogP contribution is -2.25. The quantitative estimate of drug-likeness (QED) is 0.160. The number of nitrogens with zero attached hydrogens (tertiary/aromatic N) is 4. The van der Waals surface area contributed by atoms with Gasteiger partial charge in [-0.2, -0.15) is 0 Å². The van der Waals surface area contributed by atoms with Gasteiger partial charge in [-0.1, -0.05) is 194 Å². The molecule has 11 aromatic carbocycles. The van der Waals surface area contributed by atoms with Crippen LogP contribution in [0.1, 0.15) is 22.3 Å². The highest BCUT2D eigenvalue weighted by Crippen LogP contribution is 2.63. The summed E-state index contributed by atoms with van der Waals surface area (Å²) in [5.41, 5.74) is 24.3. The maximum absolute atomic E-state index is 5.68. The second kappa shape index (κ2) is 16.2. The number of hydrogen-bond donors (Lipinski definition) is 0. The first-order valence-corrected chi connectivity index (χ1v) is 25.1. The van der Waals surface area contributed by atoms with Crippen molar-refractivity contribution < 1.29 is 0 Å². The predicted octanol–water partition coefficient (Wildman–Crippen LogP) is 17.5. The predicted molar refractivity (Wildman–Crippen MR) is 301 cm³/mol. The Labute approximate surface area is 423 Å². The molecule has 2 aliphatic carbocycles. The standard InChI is InChI=1S/C69H44N4/c1-3-18-45(19-4-1)66-67(46-34-37-49(38-35-46)72(48-20-5-2-6-21-48)50-39-41-51(42-40-50)73-64-32-15-10-25-57(64)58-26-11-16-33-65(58)73)71-68-52(27-17-31-63(68)70-66)47-36-43-56-55-24-9-14-30-61(55)69(62(56)44-47)59-28-12-7-22-53(59)54-23-8-13-29-60(54)69/h1-44H. The molecule has 15 rings (SSSR count). The van der Waals surface area contributed by atoms with Crippen LogP contribution in [0.4, 0.5) is 17.1 Å². The molecule has 340 valence electrons. The fourth-order valence-corrected chi connectivity index (χ4v) is 12.3. The van der Waals surface area contributed by atoms with Gasteiger partial charge in [0.2, 0.25) is 0 Å². The number of para-hydroxylation sites is 4. The van der Waals surface area contributed by atoms with Gasteiger partial charge in [-0.15, -0.1) is 0 Å². The number of fused-ring (bicyclic) bond motifs is 14. The van der Waals surface area contributed by atoms with Crippen LogP contribution in [0, 0.1) is 0 Å². The van der Waals surface area contributed by atoms with Crippen LogP contribution in [0.25, 0.3) is 94.4 Å². The third-order valence-electron chi connectivity index (χ3n) is 15.4. The lowest BCUT2D eigenvalue weighted by Gasteiger charge is -2.30. The van der Waals surface area contributed by atoms with Crippen LogP contribution >= 0.6 is 0 Å². The normalized spacial score (nSPS) is 12.8. The first-order valence-electron chi connectivity index (χ1n) is 25.1. The lowest BCUT2D eigenvalue weighted by molar-refractivity contribution is 0.794. The largest absolute Gasteiger partial charge is 0.311 e. The summed E-state index contributed by atoms with van der Waals surface area (Å²) in [6.45, 7) is 0. The van der Waals surface area contributed by atoms with Crippen LogP contribution in [-0.2, 0) is 5.41 Å². The van der Waals surface area contributed by atoms with Crippen LogP contribution in [0.3, 0.4) is 0 Å². The van der Waals surface area contributed by atoms with Crippen LogP contribution < -0.4 is 4.90 Å². The molecule has 0 aliphatic heterocycles. The van der Waals surface area contributed by atoms with E-state index in [4.69, 9.17) is 9.97 Å². The van der Waals surface area contributed by atoms with E-state index < -0.39 is 5.41 Å². The molecule has 0 N–H and O–H groups in total. The summed E-state index contributed by atoms with van der Waals surface area (Å²) in [6.07, 6.45) is 0. The zero-order valence-corrected chi connectivity index (χ0v) is 39.7. The van der Waals surface area contributed by atoms with Gasteiger partial charge in [0.25, 0.3) is 0 Å². The van der Waals surface area contributed by atoms with Crippen molar-refractivity contribution in [2.45, 2.75) is 5.41 Å². The highest BCUT2D eigenvalue weighted by atomic mass is 15.1. The molecule has 4 nitrogen and oxygen atoms in total. The van der Waals surface area contributed by atoms with Crippen LogP contribution in [0.2, 0.25) is 0 Å². The van der Waals surface area contributed by atoms with E-state index in [1.165, 1.54) is 66.3 Å². The van der Waals surface area contributed by atoms with Crippen molar-refractivity contribution in [3.05, 3.63) is 289 Å². The van der Waals surface area contributed by atoms with E-state index in [1.807, 2.05) is 0 Å². The molecule has 0 bridgehead atoms. The minimum absolute atomic E-state index is 0.444. The summed E-state index contributed by atoms with van der Waals surface area (Å²) in [4.78, 5) is 13.5. The zero-order valence-electron chi connectivity index (χ0n) is 39.7. The number of aromatic nitrogens is 3. The lowest BCUT2D eigenvalue weighted by atomic mass is 9.70. The Kier molecular flexibility index (Phi) is 9.14. The van der Waals surface area contributed by atoms with E-state index in [1.54, 1.807) is 0 Å². The smallest absolute Gasteiger partial charge is 0.0973 e. The molecule has 0 saturated heterocycles. The Morgan fingerprint density at radius 3 is 1.38 bits per heavy atom. The summed E-state index contributed by atoms with van der Waals surface area (Å²) in [5, 5.41) is 2.50. The fraction of sp³-hybridized carbons (Fsp3) is 0.0145. The molecular weight excluding hydrogens is 885 g/mol. The molecule has 0 unspecified atom stereocenters. The van der Waals surface area contributed by atoms with E-state index in [2.05, 4.69) is 276 Å². The minimum atomic E-state index is -0.444. The van der Waals surface area contributed by atoms with E-state index >= 15 is 0 Å². The molecule has 73 heavy (non-hydrogen) atoms. The molecule has 0 fully saturated rings. The monoisotopic (exact) mass is 928 g/mol. The molecule has 13 aromatic rings. The van der Waals surface area contributed by atoms with Crippen LogP contribution in [0.5, 0.6) is 0 Å². The van der Waals surface area contributed by atoms with Gasteiger partial charge in [-0.25, -0.2) is 9.97 Å². The Morgan fingerprint density at radius 2 is 0.767 bits per heavy atom. The van der Waals surface area contributed by atoms with Gasteiger partial charge in [0.1, 0.15) is 0 Å². The van der Waals surface area contributed by atoms with Gasteiger partial charge in [-0.3, -0.25) is 0 Å². The molecule has 1 spiro atoms. The maximum Gasteiger partial charge on any atom is 0.0973 e. The number of hydrogen-bond acceptors (Lipinski definition) is 3. The number of benzene rings is 11. The molecular formula is C69H44N4. The van der Waals surface area contributed by atoms with Crippen molar-refractivity contribution in [3.63, 3.8) is 0 Å². The summed E-state index contributed by atoms with van der Waals surface area (Å²) in [7, 11) is 0. The summed E-state index contributed by atoms with van der Waals surface area (Å²) >= 11 is 0. The average molecular weight is 929 g/mol. The first-order chi connectivity index (χ1) is 36.2. The summed E-state index contributed by atoms with van der Waals surface area (Å²) in [6, 6.07) is 96.6. The Balaban J connectivity index is 0.860. The zero-order chi connectivity index (χ0) is 48.0. The SMILES string of the molecule is c1ccc(-c2nc3cccc(-c4ccc5c(c4)C4(c6ccccc6-c6ccccc64)c4ccccc4-5)c3nc2-c2ccc(N(c3ccccc3)c3ccc(-n4c5ccccc5c5ccccc54)cc3)cc2)cc1. The fourth-order valence-electron chi connectivity index (χ4n) is 12.3. The summed E-state index contributed by atoms with van der Waals surface area (Å²) in [5.74, 6) is 0. The third-order valence-corrected chi connectivity index (χ3v) is 15.4. The Morgan fingerprint density at radius 1 is 0.315 bits per heavy atom.